The Bertz CT molecular complexity index is 525. The summed E-state index contributed by atoms with van der Waals surface area (Å²) in [6.45, 7) is 6.18. The van der Waals surface area contributed by atoms with Gasteiger partial charge in [0.15, 0.2) is 5.82 Å². The average Bonchev–Trinajstić information content (AvgIpc) is 2.58. The molecule has 0 aliphatic heterocycles. The number of anilines is 1. The molecule has 2 N–H and O–H groups in total. The number of hydrogen-bond donors (Lipinski definition) is 1. The Balaban J connectivity index is 2.60. The molecule has 0 saturated carbocycles. The van der Waals surface area contributed by atoms with Crippen LogP contribution in [0.4, 0.5) is 5.69 Å². The van der Waals surface area contributed by atoms with Gasteiger partial charge in [0.25, 0.3) is 0 Å². The minimum atomic E-state index is 0.320. The maximum absolute atomic E-state index is 5.84. The van der Waals surface area contributed by atoms with E-state index < -0.39 is 0 Å². The molecule has 4 nitrogen and oxygen atoms in total. The first-order valence-corrected chi connectivity index (χ1v) is 6.26. The Labute approximate surface area is 109 Å². The van der Waals surface area contributed by atoms with Crippen LogP contribution < -0.4 is 5.73 Å². The lowest BCUT2D eigenvalue weighted by molar-refractivity contribution is 0.587. The highest BCUT2D eigenvalue weighted by Crippen LogP contribution is 2.27. The predicted octanol–water partition coefficient (Wildman–Crippen LogP) is 3.18. The van der Waals surface area contributed by atoms with E-state index in [0.717, 1.165) is 21.7 Å². The smallest absolute Gasteiger partial charge is 0.164 e. The van der Waals surface area contributed by atoms with Crippen molar-refractivity contribution >= 4 is 21.6 Å². The number of aryl methyl sites for hydroxylation is 1. The van der Waals surface area contributed by atoms with E-state index in [1.54, 1.807) is 0 Å². The zero-order valence-corrected chi connectivity index (χ0v) is 11.7. The normalized spacial score (nSPS) is 11.1. The van der Waals surface area contributed by atoms with Crippen LogP contribution in [0.3, 0.4) is 0 Å². The molecule has 2 aromatic rings. The lowest BCUT2D eigenvalue weighted by atomic mass is 10.2. The molecule has 0 bridgehead atoms. The van der Waals surface area contributed by atoms with Crippen LogP contribution in [0.5, 0.6) is 0 Å². The molecule has 0 fully saturated rings. The number of aromatic nitrogens is 3. The van der Waals surface area contributed by atoms with Crippen LogP contribution in [0.25, 0.3) is 11.4 Å². The summed E-state index contributed by atoms with van der Waals surface area (Å²) < 4.78 is 3.05. The van der Waals surface area contributed by atoms with Crippen molar-refractivity contribution in [1.82, 2.24) is 14.8 Å². The molecular weight excluding hydrogens is 280 g/mol. The third-order valence-corrected chi connectivity index (χ3v) is 3.02. The molecule has 0 atom stereocenters. The summed E-state index contributed by atoms with van der Waals surface area (Å²) in [6, 6.07) is 6.10. The molecule has 1 aromatic carbocycles. The van der Waals surface area contributed by atoms with Crippen LogP contribution in [-0.4, -0.2) is 14.8 Å². The van der Waals surface area contributed by atoms with Crippen molar-refractivity contribution in [2.45, 2.75) is 26.8 Å². The van der Waals surface area contributed by atoms with Crippen LogP contribution in [0.15, 0.2) is 22.7 Å². The molecule has 0 saturated heterocycles. The second-order valence-electron chi connectivity index (χ2n) is 4.31. The highest BCUT2D eigenvalue weighted by molar-refractivity contribution is 9.10. The van der Waals surface area contributed by atoms with Gasteiger partial charge in [-0.05, 0) is 39.0 Å². The molecule has 0 aliphatic rings. The molecule has 2 rings (SSSR count). The fourth-order valence-electron chi connectivity index (χ4n) is 1.93. The Hall–Kier alpha value is -1.36. The lowest BCUT2D eigenvalue weighted by Gasteiger charge is -2.12. The van der Waals surface area contributed by atoms with Crippen LogP contribution in [0.1, 0.15) is 25.7 Å². The zero-order valence-electron chi connectivity index (χ0n) is 10.1. The van der Waals surface area contributed by atoms with Gasteiger partial charge in [-0.15, -0.1) is 10.2 Å². The maximum atomic E-state index is 5.84. The van der Waals surface area contributed by atoms with Crippen LogP contribution in [0.2, 0.25) is 0 Å². The Morgan fingerprint density at radius 1 is 1.24 bits per heavy atom. The van der Waals surface area contributed by atoms with Crippen molar-refractivity contribution in [2.24, 2.45) is 0 Å². The van der Waals surface area contributed by atoms with Crippen molar-refractivity contribution in [3.8, 4) is 11.4 Å². The van der Waals surface area contributed by atoms with E-state index in [0.29, 0.717) is 11.7 Å². The molecule has 1 aromatic heterocycles. The summed E-state index contributed by atoms with van der Waals surface area (Å²) in [4.78, 5) is 0. The summed E-state index contributed by atoms with van der Waals surface area (Å²) in [5.74, 6) is 1.76. The number of nitrogens with two attached hydrogens (primary N) is 1. The van der Waals surface area contributed by atoms with Gasteiger partial charge in [-0.2, -0.15) is 0 Å². The third-order valence-electron chi connectivity index (χ3n) is 2.56. The number of hydrogen-bond acceptors (Lipinski definition) is 3. The Morgan fingerprint density at radius 2 is 1.94 bits per heavy atom. The summed E-state index contributed by atoms with van der Waals surface area (Å²) in [5, 5.41) is 8.36. The van der Waals surface area contributed by atoms with E-state index in [1.165, 1.54) is 0 Å². The second-order valence-corrected chi connectivity index (χ2v) is 5.22. The van der Waals surface area contributed by atoms with Crippen molar-refractivity contribution in [3.63, 3.8) is 0 Å². The second kappa shape index (κ2) is 4.49. The fourth-order valence-corrected chi connectivity index (χ4v) is 2.44. The van der Waals surface area contributed by atoms with Crippen LogP contribution >= 0.6 is 15.9 Å². The van der Waals surface area contributed by atoms with Gasteiger partial charge in [-0.25, -0.2) is 0 Å². The Morgan fingerprint density at radius 3 is 2.53 bits per heavy atom. The van der Waals surface area contributed by atoms with Crippen molar-refractivity contribution in [2.75, 3.05) is 5.73 Å². The zero-order chi connectivity index (χ0) is 12.6. The van der Waals surface area contributed by atoms with Crippen LogP contribution in [-0.2, 0) is 0 Å². The van der Waals surface area contributed by atoms with E-state index in [9.17, 15) is 0 Å². The van der Waals surface area contributed by atoms with Gasteiger partial charge in [0.1, 0.15) is 5.82 Å². The van der Waals surface area contributed by atoms with Gasteiger partial charge >= 0.3 is 0 Å². The number of nitrogen functional groups attached to an aromatic ring is 1. The first-order chi connectivity index (χ1) is 7.99. The molecule has 1 heterocycles. The summed E-state index contributed by atoms with van der Waals surface area (Å²) in [7, 11) is 0. The number of benzene rings is 1. The fraction of sp³-hybridized carbons (Fsp3) is 0.333. The monoisotopic (exact) mass is 294 g/mol. The van der Waals surface area contributed by atoms with E-state index in [1.807, 2.05) is 25.1 Å². The first-order valence-electron chi connectivity index (χ1n) is 5.47. The van der Waals surface area contributed by atoms with E-state index in [2.05, 4.69) is 44.5 Å². The van der Waals surface area contributed by atoms with Gasteiger partial charge < -0.3 is 10.3 Å². The molecule has 90 valence electrons. The molecule has 0 amide bonds. The topological polar surface area (TPSA) is 56.7 Å². The third kappa shape index (κ3) is 2.34. The van der Waals surface area contributed by atoms with E-state index in [-0.39, 0.29) is 0 Å². The summed E-state index contributed by atoms with van der Waals surface area (Å²) in [5.41, 5.74) is 7.53. The van der Waals surface area contributed by atoms with E-state index in [4.69, 9.17) is 5.73 Å². The highest BCUT2D eigenvalue weighted by Gasteiger charge is 2.14. The largest absolute Gasteiger partial charge is 0.399 e. The predicted molar refractivity (Wildman–Crippen MR) is 72.7 cm³/mol. The Kier molecular flexibility index (Phi) is 3.19. The molecule has 0 spiro atoms. The van der Waals surface area contributed by atoms with Crippen molar-refractivity contribution < 1.29 is 0 Å². The summed E-state index contributed by atoms with van der Waals surface area (Å²) in [6.07, 6.45) is 0. The van der Waals surface area contributed by atoms with Gasteiger partial charge in [0, 0.05) is 21.8 Å². The maximum Gasteiger partial charge on any atom is 0.164 e. The van der Waals surface area contributed by atoms with Gasteiger partial charge in [-0.3, -0.25) is 0 Å². The molecule has 17 heavy (non-hydrogen) atoms. The SMILES string of the molecule is Cc1nnc(-c2cc(N)cc(Br)c2)n1C(C)C. The highest BCUT2D eigenvalue weighted by atomic mass is 79.9. The lowest BCUT2D eigenvalue weighted by Crippen LogP contribution is -2.05. The van der Waals surface area contributed by atoms with Crippen LogP contribution in [0, 0.1) is 6.92 Å². The van der Waals surface area contributed by atoms with Crippen molar-refractivity contribution in [3.05, 3.63) is 28.5 Å². The molecule has 5 heteroatoms. The number of rotatable bonds is 2. The first kappa shape index (κ1) is 12.1. The van der Waals surface area contributed by atoms with Crippen molar-refractivity contribution in [1.29, 1.82) is 0 Å². The molecule has 0 radical (unpaired) electrons. The van der Waals surface area contributed by atoms with Gasteiger partial charge in [0.2, 0.25) is 0 Å². The van der Waals surface area contributed by atoms with E-state index >= 15 is 0 Å². The number of halogens is 1. The molecule has 0 unspecified atom stereocenters. The quantitative estimate of drug-likeness (QED) is 0.866. The molecule has 0 aliphatic carbocycles. The minimum absolute atomic E-state index is 0.320. The number of nitrogens with zero attached hydrogens (tertiary/aromatic N) is 3. The van der Waals surface area contributed by atoms with Gasteiger partial charge in [0.05, 0.1) is 0 Å². The average molecular weight is 295 g/mol. The summed E-state index contributed by atoms with van der Waals surface area (Å²) >= 11 is 3.44. The standard InChI is InChI=1S/C12H15BrN4/c1-7(2)17-8(3)15-16-12(17)9-4-10(13)6-11(14)5-9/h4-7H,14H2,1-3H3. The minimum Gasteiger partial charge on any atom is -0.399 e. The molecular formula is C12H15BrN4. The van der Waals surface area contributed by atoms with Gasteiger partial charge in [-0.1, -0.05) is 15.9 Å².